The summed E-state index contributed by atoms with van der Waals surface area (Å²) in [4.78, 5) is 23.6. The fraction of sp³-hybridized carbons (Fsp3) is 0.440. The predicted molar refractivity (Wildman–Crippen MR) is 152 cm³/mol. The van der Waals surface area contributed by atoms with Crippen molar-refractivity contribution in [3.8, 4) is 5.75 Å². The van der Waals surface area contributed by atoms with E-state index in [0.29, 0.717) is 13.0 Å². The lowest BCUT2D eigenvalue weighted by Gasteiger charge is -2.27. The molecule has 10 heteroatoms. The lowest BCUT2D eigenvalue weighted by Crippen LogP contribution is -2.39. The number of methoxy groups -OCH3 is 1. The first-order valence-corrected chi connectivity index (χ1v) is 14.2. The average Bonchev–Trinajstić information content (AvgIpc) is 3.28. The van der Waals surface area contributed by atoms with Gasteiger partial charge in [-0.15, -0.1) is 24.2 Å². The molecular formula is C25H31BrClN3O3S2. The molecule has 0 atom stereocenters. The standard InChI is InChI=1S/C25H30BrN3O3S2.ClH/c1-31-20-6-8-21(9-7-20)33-17-2-4-24(30)29(12-3-11-28-13-15-32-16-14-28)25-27-22-10-5-19(26)18-23(22)34-25;/h5-10,18H,2-4,11-17H2,1H3;1H. The molecule has 1 amide bonds. The molecule has 0 saturated carbocycles. The molecule has 1 aliphatic rings. The van der Waals surface area contributed by atoms with Crippen molar-refractivity contribution in [1.82, 2.24) is 9.88 Å². The Morgan fingerprint density at radius 1 is 1.20 bits per heavy atom. The molecule has 0 bridgehead atoms. The van der Waals surface area contributed by atoms with E-state index < -0.39 is 0 Å². The van der Waals surface area contributed by atoms with Gasteiger partial charge in [0.05, 0.1) is 30.5 Å². The van der Waals surface area contributed by atoms with Crippen LogP contribution in [0, 0.1) is 0 Å². The van der Waals surface area contributed by atoms with E-state index in [9.17, 15) is 4.79 Å². The number of anilines is 1. The van der Waals surface area contributed by atoms with Gasteiger partial charge in [0.15, 0.2) is 5.13 Å². The number of amides is 1. The zero-order valence-electron chi connectivity index (χ0n) is 19.8. The minimum atomic E-state index is 0. The lowest BCUT2D eigenvalue weighted by molar-refractivity contribution is -0.118. The van der Waals surface area contributed by atoms with Crippen LogP contribution in [0.15, 0.2) is 51.8 Å². The third-order valence-electron chi connectivity index (χ3n) is 5.69. The number of hydrogen-bond donors (Lipinski definition) is 0. The quantitative estimate of drug-likeness (QED) is 0.195. The largest absolute Gasteiger partial charge is 0.497 e. The molecule has 0 spiro atoms. The van der Waals surface area contributed by atoms with Crippen LogP contribution in [0.2, 0.25) is 0 Å². The van der Waals surface area contributed by atoms with E-state index in [2.05, 4.69) is 39.0 Å². The van der Waals surface area contributed by atoms with Gasteiger partial charge in [-0.3, -0.25) is 14.6 Å². The van der Waals surface area contributed by atoms with Crippen molar-refractivity contribution in [2.24, 2.45) is 0 Å². The van der Waals surface area contributed by atoms with Gasteiger partial charge in [0.25, 0.3) is 0 Å². The van der Waals surface area contributed by atoms with Crippen LogP contribution in [0.1, 0.15) is 19.3 Å². The summed E-state index contributed by atoms with van der Waals surface area (Å²) in [6.45, 7) is 5.17. The summed E-state index contributed by atoms with van der Waals surface area (Å²) in [6, 6.07) is 14.1. The molecule has 0 unspecified atom stereocenters. The van der Waals surface area contributed by atoms with Gasteiger partial charge in [-0.05, 0) is 61.1 Å². The van der Waals surface area contributed by atoms with Crippen molar-refractivity contribution in [2.45, 2.75) is 24.2 Å². The fourth-order valence-electron chi connectivity index (χ4n) is 3.83. The van der Waals surface area contributed by atoms with Gasteiger partial charge in [0.1, 0.15) is 5.75 Å². The molecule has 1 saturated heterocycles. The summed E-state index contributed by atoms with van der Waals surface area (Å²) in [7, 11) is 1.67. The first kappa shape index (κ1) is 28.2. The average molecular weight is 601 g/mol. The highest BCUT2D eigenvalue weighted by Gasteiger charge is 2.20. The van der Waals surface area contributed by atoms with E-state index in [1.807, 2.05) is 29.2 Å². The highest BCUT2D eigenvalue weighted by Crippen LogP contribution is 2.31. The van der Waals surface area contributed by atoms with Crippen LogP contribution in [-0.4, -0.2) is 68.0 Å². The summed E-state index contributed by atoms with van der Waals surface area (Å²) in [6.07, 6.45) is 2.26. The van der Waals surface area contributed by atoms with Crippen molar-refractivity contribution < 1.29 is 14.3 Å². The minimum absolute atomic E-state index is 0. The van der Waals surface area contributed by atoms with Crippen LogP contribution in [0.5, 0.6) is 5.75 Å². The number of halogens is 2. The maximum Gasteiger partial charge on any atom is 0.228 e. The molecular weight excluding hydrogens is 570 g/mol. The molecule has 2 heterocycles. The molecule has 4 rings (SSSR count). The second-order valence-electron chi connectivity index (χ2n) is 8.09. The summed E-state index contributed by atoms with van der Waals surface area (Å²) < 4.78 is 12.8. The first-order chi connectivity index (χ1) is 16.6. The van der Waals surface area contributed by atoms with E-state index in [0.717, 1.165) is 77.0 Å². The van der Waals surface area contributed by atoms with Crippen molar-refractivity contribution in [3.05, 3.63) is 46.9 Å². The molecule has 35 heavy (non-hydrogen) atoms. The molecule has 1 fully saturated rings. The van der Waals surface area contributed by atoms with Gasteiger partial charge in [0, 0.05) is 42.0 Å². The minimum Gasteiger partial charge on any atom is -0.497 e. The van der Waals surface area contributed by atoms with E-state index in [1.54, 1.807) is 30.2 Å². The molecule has 6 nitrogen and oxygen atoms in total. The lowest BCUT2D eigenvalue weighted by atomic mass is 10.2. The maximum absolute atomic E-state index is 13.3. The molecule has 0 aliphatic carbocycles. The Labute approximate surface area is 229 Å². The van der Waals surface area contributed by atoms with E-state index in [1.165, 1.54) is 4.90 Å². The van der Waals surface area contributed by atoms with Gasteiger partial charge in [0.2, 0.25) is 5.91 Å². The number of benzene rings is 2. The highest BCUT2D eigenvalue weighted by atomic mass is 79.9. The number of fused-ring (bicyclic) bond motifs is 1. The van der Waals surface area contributed by atoms with Gasteiger partial charge < -0.3 is 9.47 Å². The smallest absolute Gasteiger partial charge is 0.228 e. The Morgan fingerprint density at radius 2 is 1.97 bits per heavy atom. The second kappa shape index (κ2) is 14.4. The molecule has 2 aromatic carbocycles. The van der Waals surface area contributed by atoms with Crippen molar-refractivity contribution >= 4 is 72.7 Å². The number of thiazole rings is 1. The van der Waals surface area contributed by atoms with Crippen LogP contribution < -0.4 is 9.64 Å². The zero-order valence-corrected chi connectivity index (χ0v) is 23.8. The number of carbonyl (C=O) groups excluding carboxylic acids is 1. The topological polar surface area (TPSA) is 54.9 Å². The monoisotopic (exact) mass is 599 g/mol. The number of hydrogen-bond acceptors (Lipinski definition) is 7. The Morgan fingerprint density at radius 3 is 2.71 bits per heavy atom. The van der Waals surface area contributed by atoms with Gasteiger partial charge in [-0.2, -0.15) is 0 Å². The first-order valence-electron chi connectivity index (χ1n) is 11.6. The molecule has 1 aliphatic heterocycles. The Kier molecular flexibility index (Phi) is 11.6. The number of morpholine rings is 1. The number of ether oxygens (including phenoxy) is 2. The molecule has 0 N–H and O–H groups in total. The second-order valence-corrected chi connectivity index (χ2v) is 11.2. The maximum atomic E-state index is 13.3. The van der Waals surface area contributed by atoms with Crippen LogP contribution >= 0.6 is 51.4 Å². The summed E-state index contributed by atoms with van der Waals surface area (Å²) in [5, 5.41) is 0.794. The van der Waals surface area contributed by atoms with Crippen LogP contribution in [0.3, 0.4) is 0 Å². The van der Waals surface area contributed by atoms with Gasteiger partial charge >= 0.3 is 0 Å². The van der Waals surface area contributed by atoms with E-state index in [4.69, 9.17) is 14.5 Å². The van der Waals surface area contributed by atoms with Crippen molar-refractivity contribution in [3.63, 3.8) is 0 Å². The summed E-state index contributed by atoms with van der Waals surface area (Å²) >= 11 is 6.89. The van der Waals surface area contributed by atoms with Crippen LogP contribution in [0.4, 0.5) is 5.13 Å². The number of thioether (sulfide) groups is 1. The SMILES string of the molecule is COc1ccc(SCCCC(=O)N(CCCN2CCOCC2)c2nc3ccc(Br)cc3s2)cc1.Cl. The Bertz CT molecular complexity index is 1080. The highest BCUT2D eigenvalue weighted by molar-refractivity contribution is 9.10. The van der Waals surface area contributed by atoms with Crippen LogP contribution in [-0.2, 0) is 9.53 Å². The molecule has 190 valence electrons. The number of nitrogens with zero attached hydrogens (tertiary/aromatic N) is 3. The Balaban J connectivity index is 0.00000342. The van der Waals surface area contributed by atoms with Crippen LogP contribution in [0.25, 0.3) is 10.2 Å². The molecule has 3 aromatic rings. The fourth-order valence-corrected chi connectivity index (χ4v) is 6.24. The number of aromatic nitrogens is 1. The normalized spacial score (nSPS) is 14.0. The number of rotatable bonds is 11. The predicted octanol–water partition coefficient (Wildman–Crippen LogP) is 6.12. The van der Waals surface area contributed by atoms with E-state index >= 15 is 0 Å². The van der Waals surface area contributed by atoms with Crippen molar-refractivity contribution in [1.29, 1.82) is 0 Å². The third-order valence-corrected chi connectivity index (χ3v) is 8.33. The van der Waals surface area contributed by atoms with E-state index in [-0.39, 0.29) is 18.3 Å². The summed E-state index contributed by atoms with van der Waals surface area (Å²) in [5.41, 5.74) is 0.934. The van der Waals surface area contributed by atoms with Gasteiger partial charge in [-0.25, -0.2) is 4.98 Å². The van der Waals surface area contributed by atoms with Gasteiger partial charge in [-0.1, -0.05) is 27.3 Å². The Hall–Kier alpha value is -1.36. The van der Waals surface area contributed by atoms with Crippen molar-refractivity contribution in [2.75, 3.05) is 57.2 Å². The number of carbonyl (C=O) groups is 1. The zero-order chi connectivity index (χ0) is 23.8. The summed E-state index contributed by atoms with van der Waals surface area (Å²) in [5.74, 6) is 1.90. The molecule has 0 radical (unpaired) electrons. The third kappa shape index (κ3) is 8.33. The molecule has 1 aromatic heterocycles.